The van der Waals surface area contributed by atoms with Crippen LogP contribution < -0.4 is 10.0 Å². The van der Waals surface area contributed by atoms with Crippen LogP contribution >= 0.6 is 0 Å². The van der Waals surface area contributed by atoms with Crippen molar-refractivity contribution >= 4 is 21.7 Å². The first kappa shape index (κ1) is 22.3. The number of nitrogens with zero attached hydrogens (tertiary/aromatic N) is 1. The molecular weight excluding hydrogens is 410 g/mol. The van der Waals surface area contributed by atoms with Crippen molar-refractivity contribution in [2.45, 2.75) is 77.7 Å². The van der Waals surface area contributed by atoms with E-state index >= 15 is 0 Å². The molecule has 0 bridgehead atoms. The van der Waals surface area contributed by atoms with Crippen LogP contribution in [0.4, 0.5) is 10.5 Å². The third-order valence-electron chi connectivity index (χ3n) is 8.12. The van der Waals surface area contributed by atoms with E-state index in [-0.39, 0.29) is 5.54 Å². The smallest absolute Gasteiger partial charge is 0.316 e. The molecular formula is C24H36N3O3S+. The number of likely N-dealkylation sites (N-methyl/N-ethyl adjacent to an activating group) is 1. The Morgan fingerprint density at radius 2 is 1.68 bits per heavy atom. The minimum atomic E-state index is -3.87. The summed E-state index contributed by atoms with van der Waals surface area (Å²) in [5.41, 5.74) is 5.62. The molecule has 4 rings (SSSR count). The van der Waals surface area contributed by atoms with Gasteiger partial charge in [0.05, 0.1) is 25.0 Å². The lowest BCUT2D eigenvalue weighted by Crippen LogP contribution is -2.58. The maximum atomic E-state index is 12.7. The number of rotatable bonds is 6. The number of carbonyl (C=O) groups excluding carboxylic acids is 1. The van der Waals surface area contributed by atoms with Crippen molar-refractivity contribution < 1.29 is 17.7 Å². The summed E-state index contributed by atoms with van der Waals surface area (Å²) in [7, 11) is -3.87. The first-order valence-corrected chi connectivity index (χ1v) is 13.3. The van der Waals surface area contributed by atoms with E-state index in [0.717, 1.165) is 81.2 Å². The van der Waals surface area contributed by atoms with Gasteiger partial charge in [-0.1, -0.05) is 6.07 Å². The molecule has 1 aromatic carbocycles. The molecule has 7 heteroatoms. The molecule has 2 aliphatic carbocycles. The van der Waals surface area contributed by atoms with E-state index in [1.165, 1.54) is 27.7 Å². The number of sulfonamides is 1. The Morgan fingerprint density at radius 1 is 1.06 bits per heavy atom. The standard InChI is InChI=1S/C24H35N3O3S/c1-4-27(5-2)15-8-13-24(27,3)14-16-31(29,30)26-23(28)25-22-20-11-6-9-18(20)17-19-10-7-12-21(19)22/h14,16-17H,4-13,15H2,1-3H3,(H-,25,26,28)/p+1. The summed E-state index contributed by atoms with van der Waals surface area (Å²) in [5, 5.41) is 4.11. The first-order chi connectivity index (χ1) is 14.7. The summed E-state index contributed by atoms with van der Waals surface area (Å²) in [5.74, 6) is 0. The summed E-state index contributed by atoms with van der Waals surface area (Å²) in [6.45, 7) is 9.46. The SMILES string of the molecule is CC[N+]1(CC)CCCC1(C)C=CS(=O)(=O)NC(=O)Nc1c2c(cc3c1CCC3)CCC2. The summed E-state index contributed by atoms with van der Waals surface area (Å²) in [4.78, 5) is 12.7. The maximum absolute atomic E-state index is 12.7. The molecule has 1 heterocycles. The molecule has 3 aliphatic rings. The van der Waals surface area contributed by atoms with Gasteiger partial charge < -0.3 is 9.80 Å². The molecule has 0 aromatic heterocycles. The van der Waals surface area contributed by atoms with Gasteiger partial charge in [0.1, 0.15) is 5.54 Å². The second kappa shape index (κ2) is 8.24. The highest BCUT2D eigenvalue weighted by molar-refractivity contribution is 7.92. The number of quaternary nitrogens is 1. The number of aryl methyl sites for hydroxylation is 2. The molecule has 0 radical (unpaired) electrons. The van der Waals surface area contributed by atoms with Gasteiger partial charge in [0.15, 0.2) is 0 Å². The Kier molecular flexibility index (Phi) is 5.94. The lowest BCUT2D eigenvalue weighted by atomic mass is 9.96. The third kappa shape index (κ3) is 4.02. The van der Waals surface area contributed by atoms with Crippen LogP contribution in [0, 0.1) is 0 Å². The maximum Gasteiger partial charge on any atom is 0.333 e. The average Bonchev–Trinajstić information content (AvgIpc) is 3.45. The van der Waals surface area contributed by atoms with E-state index in [1.54, 1.807) is 6.08 Å². The number of amides is 2. The summed E-state index contributed by atoms with van der Waals surface area (Å²) < 4.78 is 28.5. The summed E-state index contributed by atoms with van der Waals surface area (Å²) in [6, 6.07) is 1.63. The number of anilines is 1. The molecule has 6 nitrogen and oxygen atoms in total. The van der Waals surface area contributed by atoms with Crippen LogP contribution in [0.15, 0.2) is 17.6 Å². The number of urea groups is 1. The minimum Gasteiger partial charge on any atom is -0.316 e. The number of hydrogen-bond donors (Lipinski definition) is 2. The van der Waals surface area contributed by atoms with E-state index < -0.39 is 16.1 Å². The molecule has 1 aliphatic heterocycles. The average molecular weight is 447 g/mol. The van der Waals surface area contributed by atoms with Gasteiger partial charge >= 0.3 is 6.03 Å². The fourth-order valence-corrected chi connectivity index (χ4v) is 7.09. The fraction of sp³-hybridized carbons (Fsp3) is 0.625. The molecule has 0 saturated carbocycles. The Balaban J connectivity index is 1.50. The van der Waals surface area contributed by atoms with Crippen molar-refractivity contribution in [3.63, 3.8) is 0 Å². The van der Waals surface area contributed by atoms with Gasteiger partial charge in [-0.2, -0.15) is 0 Å². The Labute approximate surface area is 186 Å². The number of hydrogen-bond acceptors (Lipinski definition) is 3. The Hall–Kier alpha value is -1.86. The van der Waals surface area contributed by atoms with Gasteiger partial charge in [-0.15, -0.1) is 0 Å². The van der Waals surface area contributed by atoms with Gasteiger partial charge in [-0.3, -0.25) is 0 Å². The zero-order chi connectivity index (χ0) is 22.3. The van der Waals surface area contributed by atoms with Gasteiger partial charge in [-0.25, -0.2) is 17.9 Å². The van der Waals surface area contributed by atoms with Crippen LogP contribution in [0.2, 0.25) is 0 Å². The van der Waals surface area contributed by atoms with Crippen molar-refractivity contribution in [2.75, 3.05) is 25.0 Å². The van der Waals surface area contributed by atoms with Crippen LogP contribution in [-0.2, 0) is 35.7 Å². The lowest BCUT2D eigenvalue weighted by molar-refractivity contribution is -0.952. The molecule has 2 amide bonds. The zero-order valence-corrected chi connectivity index (χ0v) is 19.9. The number of fused-ring (bicyclic) bond motifs is 2. The highest BCUT2D eigenvalue weighted by atomic mass is 32.2. The zero-order valence-electron chi connectivity index (χ0n) is 19.1. The van der Waals surface area contributed by atoms with Crippen molar-refractivity contribution in [1.82, 2.24) is 4.72 Å². The molecule has 2 N–H and O–H groups in total. The van der Waals surface area contributed by atoms with Crippen molar-refractivity contribution in [1.29, 1.82) is 0 Å². The molecule has 31 heavy (non-hydrogen) atoms. The van der Waals surface area contributed by atoms with Crippen LogP contribution in [-0.4, -0.2) is 44.1 Å². The van der Waals surface area contributed by atoms with Gasteiger partial charge in [0, 0.05) is 18.5 Å². The Morgan fingerprint density at radius 3 is 2.26 bits per heavy atom. The number of carbonyl (C=O) groups is 1. The van der Waals surface area contributed by atoms with Crippen LogP contribution in [0.3, 0.4) is 0 Å². The number of likely N-dealkylation sites (tertiary alicyclic amines) is 1. The second-order valence-corrected chi connectivity index (χ2v) is 11.2. The molecule has 1 fully saturated rings. The quantitative estimate of drug-likeness (QED) is 0.648. The van der Waals surface area contributed by atoms with E-state index in [1.807, 2.05) is 0 Å². The van der Waals surface area contributed by atoms with Gasteiger partial charge in [0.25, 0.3) is 10.0 Å². The molecule has 170 valence electrons. The van der Waals surface area contributed by atoms with Gasteiger partial charge in [-0.05, 0) is 87.6 Å². The number of benzene rings is 1. The van der Waals surface area contributed by atoms with E-state index in [0.29, 0.717) is 0 Å². The van der Waals surface area contributed by atoms with Crippen molar-refractivity contribution in [2.24, 2.45) is 0 Å². The third-order valence-corrected chi connectivity index (χ3v) is 9.08. The summed E-state index contributed by atoms with van der Waals surface area (Å²) in [6.07, 6.45) is 9.97. The number of nitrogens with one attached hydrogen (secondary N) is 2. The Bertz CT molecular complexity index is 979. The predicted molar refractivity (Wildman–Crippen MR) is 125 cm³/mol. The first-order valence-electron chi connectivity index (χ1n) is 11.8. The topological polar surface area (TPSA) is 75.3 Å². The van der Waals surface area contributed by atoms with Crippen molar-refractivity contribution in [3.8, 4) is 0 Å². The normalized spacial score (nSPS) is 24.4. The van der Waals surface area contributed by atoms with E-state index in [2.05, 4.69) is 36.9 Å². The lowest BCUT2D eigenvalue weighted by Gasteiger charge is -2.44. The van der Waals surface area contributed by atoms with Gasteiger partial charge in [0.2, 0.25) is 0 Å². The molecule has 1 atom stereocenters. The highest BCUT2D eigenvalue weighted by Crippen LogP contribution is 2.39. The van der Waals surface area contributed by atoms with Crippen LogP contribution in [0.1, 0.15) is 68.7 Å². The second-order valence-electron chi connectivity index (χ2n) is 9.60. The monoisotopic (exact) mass is 446 g/mol. The minimum absolute atomic E-state index is 0.226. The van der Waals surface area contributed by atoms with Crippen molar-refractivity contribution in [3.05, 3.63) is 39.8 Å². The molecule has 1 saturated heterocycles. The van der Waals surface area contributed by atoms with E-state index in [4.69, 9.17) is 0 Å². The molecule has 1 aromatic rings. The molecule has 1 unspecified atom stereocenters. The van der Waals surface area contributed by atoms with E-state index in [9.17, 15) is 13.2 Å². The summed E-state index contributed by atoms with van der Waals surface area (Å²) >= 11 is 0. The van der Waals surface area contributed by atoms with Crippen LogP contribution in [0.25, 0.3) is 0 Å². The highest BCUT2D eigenvalue weighted by Gasteiger charge is 2.47. The van der Waals surface area contributed by atoms with Crippen LogP contribution in [0.5, 0.6) is 0 Å². The largest absolute Gasteiger partial charge is 0.333 e. The predicted octanol–water partition coefficient (Wildman–Crippen LogP) is 4.04. The molecule has 0 spiro atoms. The fourth-order valence-electron chi connectivity index (χ4n) is 6.24.